The standard InChI is InChI=1S/C17H21N3O3/c1-13-12-14(7-8-15(13)20-11-5-10-19-20)17(23)18-9-4-2-3-6-16(21)22/h5,7-8,10-12H,2-4,6,9H2,1H3,(H,18,23)(H,21,22). The van der Waals surface area contributed by atoms with E-state index in [0.717, 1.165) is 24.1 Å². The van der Waals surface area contributed by atoms with Crippen LogP contribution in [0.2, 0.25) is 0 Å². The molecular formula is C17H21N3O3. The van der Waals surface area contributed by atoms with Gasteiger partial charge in [-0.3, -0.25) is 9.59 Å². The van der Waals surface area contributed by atoms with E-state index in [2.05, 4.69) is 10.4 Å². The van der Waals surface area contributed by atoms with Crippen LogP contribution >= 0.6 is 0 Å². The van der Waals surface area contributed by atoms with Gasteiger partial charge in [-0.05, 0) is 49.6 Å². The number of benzene rings is 1. The van der Waals surface area contributed by atoms with E-state index >= 15 is 0 Å². The maximum absolute atomic E-state index is 12.1. The Morgan fingerprint density at radius 2 is 2.09 bits per heavy atom. The van der Waals surface area contributed by atoms with Gasteiger partial charge in [-0.15, -0.1) is 0 Å². The maximum atomic E-state index is 12.1. The number of aliphatic carboxylic acids is 1. The van der Waals surface area contributed by atoms with Crippen molar-refractivity contribution >= 4 is 11.9 Å². The molecule has 0 radical (unpaired) electrons. The number of carbonyl (C=O) groups is 2. The fourth-order valence-electron chi connectivity index (χ4n) is 2.35. The molecular weight excluding hydrogens is 294 g/mol. The van der Waals surface area contributed by atoms with Crippen LogP contribution in [-0.4, -0.2) is 33.3 Å². The van der Waals surface area contributed by atoms with Gasteiger partial charge in [0.2, 0.25) is 0 Å². The summed E-state index contributed by atoms with van der Waals surface area (Å²) in [6, 6.07) is 7.36. The van der Waals surface area contributed by atoms with Gasteiger partial charge in [-0.25, -0.2) is 4.68 Å². The second kappa shape index (κ2) is 8.12. The monoisotopic (exact) mass is 315 g/mol. The lowest BCUT2D eigenvalue weighted by molar-refractivity contribution is -0.137. The minimum atomic E-state index is -0.776. The van der Waals surface area contributed by atoms with Crippen molar-refractivity contribution in [2.24, 2.45) is 0 Å². The summed E-state index contributed by atoms with van der Waals surface area (Å²) < 4.78 is 1.76. The van der Waals surface area contributed by atoms with Crippen LogP contribution in [0.3, 0.4) is 0 Å². The molecule has 0 bridgehead atoms. The van der Waals surface area contributed by atoms with Gasteiger partial charge in [-0.1, -0.05) is 6.42 Å². The smallest absolute Gasteiger partial charge is 0.303 e. The van der Waals surface area contributed by atoms with Gasteiger partial charge >= 0.3 is 5.97 Å². The molecule has 2 aromatic rings. The van der Waals surface area contributed by atoms with E-state index in [-0.39, 0.29) is 12.3 Å². The van der Waals surface area contributed by atoms with E-state index in [1.165, 1.54) is 0 Å². The molecule has 0 aliphatic heterocycles. The molecule has 0 spiro atoms. The van der Waals surface area contributed by atoms with Crippen molar-refractivity contribution in [1.82, 2.24) is 15.1 Å². The highest BCUT2D eigenvalue weighted by atomic mass is 16.4. The molecule has 6 nitrogen and oxygen atoms in total. The van der Waals surface area contributed by atoms with E-state index in [9.17, 15) is 9.59 Å². The average molecular weight is 315 g/mol. The second-order valence-corrected chi connectivity index (χ2v) is 5.41. The van der Waals surface area contributed by atoms with Crippen molar-refractivity contribution in [1.29, 1.82) is 0 Å². The van der Waals surface area contributed by atoms with Crippen molar-refractivity contribution in [3.05, 3.63) is 47.8 Å². The summed E-state index contributed by atoms with van der Waals surface area (Å²) in [6.07, 6.45) is 5.97. The molecule has 1 aromatic heterocycles. The Kier molecular flexibility index (Phi) is 5.91. The minimum absolute atomic E-state index is 0.113. The Balaban J connectivity index is 1.83. The first-order valence-electron chi connectivity index (χ1n) is 7.68. The van der Waals surface area contributed by atoms with Crippen molar-refractivity contribution in [2.75, 3.05) is 6.54 Å². The third-order valence-corrected chi connectivity index (χ3v) is 3.56. The summed E-state index contributed by atoms with van der Waals surface area (Å²) in [5.74, 6) is -0.889. The Labute approximate surface area is 135 Å². The first kappa shape index (κ1) is 16.7. The summed E-state index contributed by atoms with van der Waals surface area (Å²) in [6.45, 7) is 2.50. The molecule has 0 atom stereocenters. The molecule has 23 heavy (non-hydrogen) atoms. The fourth-order valence-corrected chi connectivity index (χ4v) is 2.35. The third-order valence-electron chi connectivity index (χ3n) is 3.56. The van der Waals surface area contributed by atoms with Crippen LogP contribution in [0.25, 0.3) is 5.69 Å². The molecule has 0 aliphatic carbocycles. The number of hydrogen-bond donors (Lipinski definition) is 2. The van der Waals surface area contributed by atoms with E-state index < -0.39 is 5.97 Å². The van der Waals surface area contributed by atoms with Crippen molar-refractivity contribution in [2.45, 2.75) is 32.6 Å². The maximum Gasteiger partial charge on any atom is 0.303 e. The van der Waals surface area contributed by atoms with Crippen molar-refractivity contribution in [3.8, 4) is 5.69 Å². The molecule has 2 N–H and O–H groups in total. The zero-order valence-electron chi connectivity index (χ0n) is 13.2. The lowest BCUT2D eigenvalue weighted by atomic mass is 10.1. The minimum Gasteiger partial charge on any atom is -0.481 e. The molecule has 0 saturated carbocycles. The molecule has 0 unspecified atom stereocenters. The lowest BCUT2D eigenvalue weighted by Crippen LogP contribution is -2.24. The molecule has 122 valence electrons. The molecule has 1 amide bonds. The highest BCUT2D eigenvalue weighted by Crippen LogP contribution is 2.15. The molecule has 2 rings (SSSR count). The molecule has 0 aliphatic rings. The van der Waals surface area contributed by atoms with E-state index in [0.29, 0.717) is 18.5 Å². The van der Waals surface area contributed by atoms with Crippen LogP contribution in [0.1, 0.15) is 41.6 Å². The third kappa shape index (κ3) is 4.95. The number of nitrogens with zero attached hydrogens (tertiary/aromatic N) is 2. The molecule has 1 heterocycles. The number of amides is 1. The number of unbranched alkanes of at least 4 members (excludes halogenated alkanes) is 2. The topological polar surface area (TPSA) is 84.2 Å². The first-order valence-corrected chi connectivity index (χ1v) is 7.68. The number of carboxylic acids is 1. The number of aromatic nitrogens is 2. The summed E-state index contributed by atoms with van der Waals surface area (Å²) in [5.41, 5.74) is 2.53. The molecule has 6 heteroatoms. The molecule has 0 fully saturated rings. The highest BCUT2D eigenvalue weighted by Gasteiger charge is 2.08. The van der Waals surface area contributed by atoms with E-state index in [1.807, 2.05) is 31.3 Å². The van der Waals surface area contributed by atoms with Gasteiger partial charge in [0.1, 0.15) is 0 Å². The number of carboxylic acid groups (broad SMARTS) is 1. The SMILES string of the molecule is Cc1cc(C(=O)NCCCCCC(=O)O)ccc1-n1cccn1. The summed E-state index contributed by atoms with van der Waals surface area (Å²) in [7, 11) is 0. The Morgan fingerprint density at radius 1 is 1.26 bits per heavy atom. The van der Waals surface area contributed by atoms with Crippen LogP contribution in [0.4, 0.5) is 0 Å². The van der Waals surface area contributed by atoms with Gasteiger partial charge in [0.05, 0.1) is 5.69 Å². The predicted octanol–water partition coefficient (Wildman–Crippen LogP) is 2.56. The first-order chi connectivity index (χ1) is 11.1. The molecule has 1 aromatic carbocycles. The van der Waals surface area contributed by atoms with E-state index in [4.69, 9.17) is 5.11 Å². The zero-order chi connectivity index (χ0) is 16.7. The number of hydrogen-bond acceptors (Lipinski definition) is 3. The fraction of sp³-hybridized carbons (Fsp3) is 0.353. The van der Waals surface area contributed by atoms with Gasteiger partial charge in [0.25, 0.3) is 5.91 Å². The quantitative estimate of drug-likeness (QED) is 0.733. The van der Waals surface area contributed by atoms with Crippen LogP contribution in [-0.2, 0) is 4.79 Å². The summed E-state index contributed by atoms with van der Waals surface area (Å²) in [5, 5.41) is 15.6. The molecule has 0 saturated heterocycles. The number of aryl methyl sites for hydroxylation is 1. The summed E-state index contributed by atoms with van der Waals surface area (Å²) >= 11 is 0. The number of nitrogens with one attached hydrogen (secondary N) is 1. The predicted molar refractivity (Wildman–Crippen MR) is 86.7 cm³/mol. The zero-order valence-corrected chi connectivity index (χ0v) is 13.2. The van der Waals surface area contributed by atoms with Crippen LogP contribution in [0.5, 0.6) is 0 Å². The second-order valence-electron chi connectivity index (χ2n) is 5.41. The van der Waals surface area contributed by atoms with Crippen molar-refractivity contribution < 1.29 is 14.7 Å². The average Bonchev–Trinajstić information content (AvgIpc) is 3.04. The van der Waals surface area contributed by atoms with Gasteiger partial charge in [0.15, 0.2) is 0 Å². The Bertz CT molecular complexity index is 666. The van der Waals surface area contributed by atoms with E-state index in [1.54, 1.807) is 16.9 Å². The van der Waals surface area contributed by atoms with Gasteiger partial charge in [-0.2, -0.15) is 5.10 Å². The van der Waals surface area contributed by atoms with Crippen LogP contribution < -0.4 is 5.32 Å². The van der Waals surface area contributed by atoms with Gasteiger partial charge in [0, 0.05) is 30.9 Å². The number of rotatable bonds is 8. The van der Waals surface area contributed by atoms with Gasteiger partial charge < -0.3 is 10.4 Å². The normalized spacial score (nSPS) is 10.5. The lowest BCUT2D eigenvalue weighted by Gasteiger charge is -2.09. The highest BCUT2D eigenvalue weighted by molar-refractivity contribution is 5.94. The largest absolute Gasteiger partial charge is 0.481 e. The summed E-state index contributed by atoms with van der Waals surface area (Å²) in [4.78, 5) is 22.5. The van der Waals surface area contributed by atoms with Crippen LogP contribution in [0, 0.1) is 6.92 Å². The Hall–Kier alpha value is -2.63. The van der Waals surface area contributed by atoms with Crippen LogP contribution in [0.15, 0.2) is 36.7 Å². The van der Waals surface area contributed by atoms with Crippen molar-refractivity contribution in [3.63, 3.8) is 0 Å². The Morgan fingerprint density at radius 3 is 2.74 bits per heavy atom. The number of carbonyl (C=O) groups excluding carboxylic acids is 1.